The molecule has 0 unspecified atom stereocenters. The van der Waals surface area contributed by atoms with E-state index in [1.54, 1.807) is 29.8 Å². The molecular formula is C19H15BrN2O4S. The van der Waals surface area contributed by atoms with E-state index in [0.717, 1.165) is 5.69 Å². The van der Waals surface area contributed by atoms with Gasteiger partial charge in [0.15, 0.2) is 15.5 Å². The second-order valence-corrected chi connectivity index (χ2v) is 8.92. The molecule has 8 heteroatoms. The summed E-state index contributed by atoms with van der Waals surface area (Å²) >= 11 is 3.33. The van der Waals surface area contributed by atoms with Crippen molar-refractivity contribution < 1.29 is 17.9 Å². The number of carbonyl (C=O) groups is 1. The van der Waals surface area contributed by atoms with E-state index in [4.69, 9.17) is 4.74 Å². The van der Waals surface area contributed by atoms with Crippen LogP contribution < -0.4 is 0 Å². The number of halogens is 1. The van der Waals surface area contributed by atoms with Gasteiger partial charge >= 0.3 is 5.97 Å². The minimum absolute atomic E-state index is 0.0350. The number of ether oxygens (including phenoxy) is 1. The normalized spacial score (nSPS) is 14.3. The highest BCUT2D eigenvalue weighted by Crippen LogP contribution is 2.41. The number of para-hydroxylation sites is 1. The van der Waals surface area contributed by atoms with E-state index >= 15 is 0 Å². The van der Waals surface area contributed by atoms with Crippen molar-refractivity contribution in [1.29, 1.82) is 0 Å². The highest BCUT2D eigenvalue weighted by molar-refractivity contribution is 9.10. The molecule has 6 nitrogen and oxygen atoms in total. The fourth-order valence-electron chi connectivity index (χ4n) is 3.20. The molecular weight excluding hydrogens is 432 g/mol. The van der Waals surface area contributed by atoms with Gasteiger partial charge in [0.1, 0.15) is 0 Å². The van der Waals surface area contributed by atoms with Gasteiger partial charge in [-0.3, -0.25) is 0 Å². The third kappa shape index (κ3) is 2.98. The number of hydrogen-bond acceptors (Lipinski definition) is 5. The van der Waals surface area contributed by atoms with Crippen molar-refractivity contribution in [3.63, 3.8) is 0 Å². The van der Waals surface area contributed by atoms with Gasteiger partial charge in [-0.2, -0.15) is 5.10 Å². The summed E-state index contributed by atoms with van der Waals surface area (Å²) in [6, 6.07) is 14.4. The molecule has 4 rings (SSSR count). The lowest BCUT2D eigenvalue weighted by Crippen LogP contribution is -2.16. The highest BCUT2D eigenvalue weighted by Gasteiger charge is 2.36. The van der Waals surface area contributed by atoms with E-state index in [1.165, 1.54) is 0 Å². The van der Waals surface area contributed by atoms with Crippen LogP contribution in [0.25, 0.3) is 16.9 Å². The van der Waals surface area contributed by atoms with Gasteiger partial charge in [0, 0.05) is 15.6 Å². The number of rotatable bonds is 3. The van der Waals surface area contributed by atoms with Crippen LogP contribution in [0, 0.1) is 0 Å². The van der Waals surface area contributed by atoms with Crippen LogP contribution in [0.2, 0.25) is 0 Å². The number of benzene rings is 2. The van der Waals surface area contributed by atoms with E-state index in [9.17, 15) is 13.2 Å². The molecule has 1 aromatic heterocycles. The van der Waals surface area contributed by atoms with E-state index in [-0.39, 0.29) is 22.9 Å². The van der Waals surface area contributed by atoms with Crippen molar-refractivity contribution in [3.05, 3.63) is 64.3 Å². The first-order valence-corrected chi connectivity index (χ1v) is 10.7. The predicted molar refractivity (Wildman–Crippen MR) is 104 cm³/mol. The molecule has 0 amide bonds. The van der Waals surface area contributed by atoms with Gasteiger partial charge in [-0.25, -0.2) is 17.9 Å². The Morgan fingerprint density at radius 2 is 1.96 bits per heavy atom. The van der Waals surface area contributed by atoms with Crippen molar-refractivity contribution in [1.82, 2.24) is 9.78 Å². The Morgan fingerprint density at radius 3 is 2.67 bits per heavy atom. The molecule has 2 heterocycles. The van der Waals surface area contributed by atoms with Crippen LogP contribution >= 0.6 is 15.9 Å². The Morgan fingerprint density at radius 1 is 1.22 bits per heavy atom. The number of sulfone groups is 1. The van der Waals surface area contributed by atoms with Gasteiger partial charge in [0.05, 0.1) is 28.6 Å². The van der Waals surface area contributed by atoms with E-state index in [0.29, 0.717) is 21.3 Å². The zero-order valence-electron chi connectivity index (χ0n) is 14.3. The Labute approximate surface area is 164 Å². The topological polar surface area (TPSA) is 78.3 Å². The molecule has 0 bridgehead atoms. The van der Waals surface area contributed by atoms with E-state index in [2.05, 4.69) is 21.0 Å². The quantitative estimate of drug-likeness (QED) is 0.572. The number of aromatic nitrogens is 2. The Balaban J connectivity index is 2.06. The lowest BCUT2D eigenvalue weighted by molar-refractivity contribution is 0.0518. The number of hydrogen-bond donors (Lipinski definition) is 0. The molecule has 0 spiro atoms. The van der Waals surface area contributed by atoms with Gasteiger partial charge in [-0.05, 0) is 31.2 Å². The molecule has 138 valence electrons. The number of fused-ring (bicyclic) bond motifs is 3. The van der Waals surface area contributed by atoms with Crippen LogP contribution in [0.1, 0.15) is 23.0 Å². The first kappa shape index (κ1) is 17.9. The van der Waals surface area contributed by atoms with Crippen LogP contribution in [0.15, 0.2) is 57.9 Å². The van der Waals surface area contributed by atoms with Crippen LogP contribution in [0.4, 0.5) is 0 Å². The number of carbonyl (C=O) groups excluding carboxylic acids is 1. The van der Waals surface area contributed by atoms with Crippen LogP contribution in [0.5, 0.6) is 0 Å². The SMILES string of the molecule is CCOC(=O)c1nn(-c2ccccc2)c2c1CS(=O)(=O)c1cc(Br)ccc1-2. The predicted octanol–water partition coefficient (Wildman–Crippen LogP) is 3.77. The molecule has 0 radical (unpaired) electrons. The average molecular weight is 447 g/mol. The maximum Gasteiger partial charge on any atom is 0.359 e. The minimum atomic E-state index is -3.61. The summed E-state index contributed by atoms with van der Waals surface area (Å²) in [7, 11) is -3.61. The van der Waals surface area contributed by atoms with Gasteiger partial charge in [-0.1, -0.05) is 40.2 Å². The van der Waals surface area contributed by atoms with Crippen molar-refractivity contribution in [3.8, 4) is 16.9 Å². The first-order valence-electron chi connectivity index (χ1n) is 8.29. The third-order valence-corrected chi connectivity index (χ3v) is 6.49. The second kappa shape index (κ2) is 6.61. The van der Waals surface area contributed by atoms with Crippen LogP contribution in [0.3, 0.4) is 0 Å². The zero-order chi connectivity index (χ0) is 19.2. The first-order chi connectivity index (χ1) is 12.9. The zero-order valence-corrected chi connectivity index (χ0v) is 16.7. The summed E-state index contributed by atoms with van der Waals surface area (Å²) < 4.78 is 33.1. The van der Waals surface area contributed by atoms with Crippen LogP contribution in [-0.4, -0.2) is 30.8 Å². The standard InChI is InChI=1S/C19H15BrN2O4S/c1-2-26-19(23)17-15-11-27(24,25)16-10-12(20)8-9-14(16)18(15)22(21-17)13-6-4-3-5-7-13/h3-10H,2,11H2,1H3. The summed E-state index contributed by atoms with van der Waals surface area (Å²) in [5, 5.41) is 4.43. The van der Waals surface area contributed by atoms with Crippen molar-refractivity contribution in [2.45, 2.75) is 17.6 Å². The average Bonchev–Trinajstić information content (AvgIpc) is 3.01. The number of esters is 1. The second-order valence-electron chi connectivity index (χ2n) is 6.04. The smallest absolute Gasteiger partial charge is 0.359 e. The minimum Gasteiger partial charge on any atom is -0.461 e. The summed E-state index contributed by atoms with van der Waals surface area (Å²) in [6.07, 6.45) is 0. The summed E-state index contributed by atoms with van der Waals surface area (Å²) in [5.74, 6) is -0.925. The maximum atomic E-state index is 12.9. The summed E-state index contributed by atoms with van der Waals surface area (Å²) in [5.41, 5.74) is 2.25. The maximum absolute atomic E-state index is 12.9. The van der Waals surface area contributed by atoms with Gasteiger partial charge in [-0.15, -0.1) is 0 Å². The van der Waals surface area contributed by atoms with Gasteiger partial charge in [0.2, 0.25) is 0 Å². The summed E-state index contributed by atoms with van der Waals surface area (Å²) in [4.78, 5) is 12.7. The number of nitrogens with zero attached hydrogens (tertiary/aromatic N) is 2. The molecule has 0 saturated carbocycles. The molecule has 0 aliphatic carbocycles. The summed E-state index contributed by atoms with van der Waals surface area (Å²) in [6.45, 7) is 1.88. The van der Waals surface area contributed by atoms with E-state index in [1.807, 2.05) is 30.3 Å². The fraction of sp³-hybridized carbons (Fsp3) is 0.158. The molecule has 0 atom stereocenters. The molecule has 1 aliphatic rings. The molecule has 27 heavy (non-hydrogen) atoms. The molecule has 0 fully saturated rings. The van der Waals surface area contributed by atoms with Gasteiger partial charge in [0.25, 0.3) is 0 Å². The molecule has 3 aromatic rings. The van der Waals surface area contributed by atoms with Crippen molar-refractivity contribution in [2.24, 2.45) is 0 Å². The van der Waals surface area contributed by atoms with Crippen LogP contribution in [-0.2, 0) is 20.3 Å². The van der Waals surface area contributed by atoms with Gasteiger partial charge < -0.3 is 4.74 Å². The van der Waals surface area contributed by atoms with Crippen molar-refractivity contribution in [2.75, 3.05) is 6.61 Å². The Hall–Kier alpha value is -2.45. The Bertz CT molecular complexity index is 1150. The lowest BCUT2D eigenvalue weighted by Gasteiger charge is -2.19. The Kier molecular flexibility index (Phi) is 4.39. The molecule has 0 saturated heterocycles. The third-order valence-electron chi connectivity index (χ3n) is 4.32. The largest absolute Gasteiger partial charge is 0.461 e. The lowest BCUT2D eigenvalue weighted by atomic mass is 10.1. The molecule has 2 aromatic carbocycles. The molecule has 0 N–H and O–H groups in total. The monoisotopic (exact) mass is 446 g/mol. The fourth-order valence-corrected chi connectivity index (χ4v) is 5.33. The highest BCUT2D eigenvalue weighted by atomic mass is 79.9. The van der Waals surface area contributed by atoms with Crippen molar-refractivity contribution >= 4 is 31.7 Å². The molecule has 1 aliphatic heterocycles. The van der Waals surface area contributed by atoms with E-state index < -0.39 is 15.8 Å².